The Bertz CT molecular complexity index is 3280. The molecule has 11 rings (SSSR count). The number of thioether (sulfide) groups is 1. The highest BCUT2D eigenvalue weighted by Gasteiger charge is 2.20. The minimum absolute atomic E-state index is 0.598. The molecule has 2 aliphatic rings. The maximum Gasteiger partial charge on any atom is 0.151 e. The number of unbranched alkanes of at least 4 members (excludes halogenated alkanes) is 1. The molecule has 0 amide bonds. The van der Waals surface area contributed by atoms with Crippen molar-refractivity contribution in [3.05, 3.63) is 187 Å². The number of para-hydroxylation sites is 2. The summed E-state index contributed by atoms with van der Waals surface area (Å²) in [5.41, 5.74) is 16.6. The number of hydrogen-bond acceptors (Lipinski definition) is 6. The fraction of sp³-hybridized carbons (Fsp3) is 0.0727. The van der Waals surface area contributed by atoms with Crippen molar-refractivity contribution in [3.8, 4) is 50.3 Å². The molecule has 4 aromatic heterocycles. The van der Waals surface area contributed by atoms with Gasteiger partial charge in [0.1, 0.15) is 5.75 Å². The van der Waals surface area contributed by atoms with Gasteiger partial charge in [-0.15, -0.1) is 11.3 Å². The van der Waals surface area contributed by atoms with Crippen LogP contribution >= 0.6 is 23.1 Å². The summed E-state index contributed by atoms with van der Waals surface area (Å²) in [6.45, 7) is 0.598. The molecule has 63 heavy (non-hydrogen) atoms. The summed E-state index contributed by atoms with van der Waals surface area (Å²) in [6.07, 6.45) is 10.5. The Morgan fingerprint density at radius 2 is 0.905 bits per heavy atom. The molecule has 9 aromatic rings. The first-order valence-electron chi connectivity index (χ1n) is 21.3. The van der Waals surface area contributed by atoms with E-state index in [1.54, 1.807) is 11.3 Å². The molecule has 0 fully saturated rings. The fourth-order valence-electron chi connectivity index (χ4n) is 8.47. The zero-order chi connectivity index (χ0) is 42.0. The standard InChI is InChI=1S/C55H41N5OS2/c1-4-16-36(17-5-1)51-41-26-28-43(56-41)52(37-18-6-2-7-19-37)45-30-32-47(58-45)54(48-33-31-46(59-48)53(38-20-8-3-9-21-38)44-29-27-42(51)57-44)39-22-10-12-24-49(39)61-34-14-15-35-62-55-60-40-23-11-13-25-50(40)63-55/h1-13,16-33,56,59H,14-15,34-35H2. The number of aromatic amines is 2. The molecule has 0 radical (unpaired) electrons. The third-order valence-electron chi connectivity index (χ3n) is 11.4. The minimum atomic E-state index is 0.598. The first-order chi connectivity index (χ1) is 31.2. The Balaban J connectivity index is 1.08. The average Bonchev–Trinajstić information content (AvgIpc) is 4.20. The van der Waals surface area contributed by atoms with E-state index in [0.717, 1.165) is 124 Å². The summed E-state index contributed by atoms with van der Waals surface area (Å²) < 4.78 is 9.03. The van der Waals surface area contributed by atoms with Gasteiger partial charge in [0.25, 0.3) is 0 Å². The van der Waals surface area contributed by atoms with Crippen molar-refractivity contribution in [2.45, 2.75) is 17.2 Å². The van der Waals surface area contributed by atoms with E-state index in [2.05, 4.69) is 186 Å². The number of thiazole rings is 1. The maximum atomic E-state index is 6.68. The number of nitrogens with zero attached hydrogens (tertiary/aromatic N) is 3. The van der Waals surface area contributed by atoms with Crippen LogP contribution in [0.4, 0.5) is 0 Å². The predicted molar refractivity (Wildman–Crippen MR) is 266 cm³/mol. The third kappa shape index (κ3) is 7.80. The van der Waals surface area contributed by atoms with Crippen LogP contribution in [0, 0.1) is 0 Å². The van der Waals surface area contributed by atoms with Crippen LogP contribution in [0.1, 0.15) is 35.6 Å². The van der Waals surface area contributed by atoms with Crippen LogP contribution in [0.15, 0.2) is 168 Å². The molecule has 6 nitrogen and oxygen atoms in total. The lowest BCUT2D eigenvalue weighted by Gasteiger charge is -2.13. The van der Waals surface area contributed by atoms with Gasteiger partial charge in [0.2, 0.25) is 0 Å². The molecule has 2 aliphatic heterocycles. The van der Waals surface area contributed by atoms with Crippen LogP contribution in [0.5, 0.6) is 5.75 Å². The molecule has 0 aliphatic carbocycles. The Labute approximate surface area is 373 Å². The first-order valence-corrected chi connectivity index (χ1v) is 23.1. The molecule has 304 valence electrons. The Morgan fingerprint density at radius 1 is 0.444 bits per heavy atom. The van der Waals surface area contributed by atoms with E-state index in [4.69, 9.17) is 19.7 Å². The smallest absolute Gasteiger partial charge is 0.151 e. The van der Waals surface area contributed by atoms with Crippen LogP contribution in [-0.2, 0) is 0 Å². The highest BCUT2D eigenvalue weighted by Crippen LogP contribution is 2.40. The SMILES string of the molecule is C1=Cc2nc1c(-c1ccccc1)c1ccc([nH]1)c(-c1ccccc1)c1nc(c(-c3ccccc3OCCCCSc3nc4ccccc4s3)c3ccc([nH]3)c2-c2ccccc2)C=C1. The van der Waals surface area contributed by atoms with Crippen molar-refractivity contribution in [1.29, 1.82) is 0 Å². The van der Waals surface area contributed by atoms with Gasteiger partial charge in [0.05, 0.1) is 39.6 Å². The van der Waals surface area contributed by atoms with Crippen LogP contribution < -0.4 is 4.74 Å². The number of nitrogens with one attached hydrogen (secondary N) is 2. The number of rotatable bonds is 11. The zero-order valence-electron chi connectivity index (χ0n) is 34.3. The molecule has 0 saturated heterocycles. The van der Waals surface area contributed by atoms with Crippen LogP contribution in [-0.4, -0.2) is 37.3 Å². The lowest BCUT2D eigenvalue weighted by atomic mass is 10.0. The topological polar surface area (TPSA) is 79.5 Å². The largest absolute Gasteiger partial charge is 0.493 e. The van der Waals surface area contributed by atoms with Crippen LogP contribution in [0.2, 0.25) is 0 Å². The normalized spacial score (nSPS) is 12.0. The summed E-state index contributed by atoms with van der Waals surface area (Å²) >= 11 is 3.59. The van der Waals surface area contributed by atoms with Crippen molar-refractivity contribution < 1.29 is 4.74 Å². The van der Waals surface area contributed by atoms with Crippen LogP contribution in [0.3, 0.4) is 0 Å². The second-order valence-electron chi connectivity index (χ2n) is 15.4. The van der Waals surface area contributed by atoms with Gasteiger partial charge in [-0.05, 0) is 96.3 Å². The van der Waals surface area contributed by atoms with Crippen molar-refractivity contribution in [1.82, 2.24) is 24.9 Å². The molecule has 6 heterocycles. The van der Waals surface area contributed by atoms with Gasteiger partial charge < -0.3 is 14.7 Å². The predicted octanol–water partition coefficient (Wildman–Crippen LogP) is 14.9. The average molecular weight is 852 g/mol. The van der Waals surface area contributed by atoms with E-state index in [1.807, 2.05) is 23.9 Å². The Kier molecular flexibility index (Phi) is 10.6. The second-order valence-corrected chi connectivity index (χ2v) is 17.8. The summed E-state index contributed by atoms with van der Waals surface area (Å²) in [7, 11) is 0. The molecular weight excluding hydrogens is 811 g/mol. The second kappa shape index (κ2) is 17.2. The summed E-state index contributed by atoms with van der Waals surface area (Å²) in [4.78, 5) is 23.4. The number of ether oxygens (including phenoxy) is 1. The summed E-state index contributed by atoms with van der Waals surface area (Å²) in [6, 6.07) is 56.9. The Morgan fingerprint density at radius 3 is 1.44 bits per heavy atom. The molecule has 8 heteroatoms. The minimum Gasteiger partial charge on any atom is -0.493 e. The van der Waals surface area contributed by atoms with Crippen molar-refractivity contribution in [2.75, 3.05) is 12.4 Å². The van der Waals surface area contributed by atoms with E-state index >= 15 is 0 Å². The zero-order valence-corrected chi connectivity index (χ0v) is 35.9. The van der Waals surface area contributed by atoms with Gasteiger partial charge in [-0.1, -0.05) is 133 Å². The summed E-state index contributed by atoms with van der Waals surface area (Å²) in [5.74, 6) is 1.81. The lowest BCUT2D eigenvalue weighted by Crippen LogP contribution is -2.00. The van der Waals surface area contributed by atoms with E-state index in [1.165, 1.54) is 4.70 Å². The molecule has 5 aromatic carbocycles. The highest BCUT2D eigenvalue weighted by molar-refractivity contribution is 8.01. The number of aromatic nitrogens is 5. The van der Waals surface area contributed by atoms with Crippen LogP contribution in [0.25, 0.3) is 101 Å². The molecule has 2 N–H and O–H groups in total. The number of H-pyrrole nitrogens is 2. The van der Waals surface area contributed by atoms with Gasteiger partial charge >= 0.3 is 0 Å². The number of hydrogen-bond donors (Lipinski definition) is 2. The molecule has 8 bridgehead atoms. The van der Waals surface area contributed by atoms with Gasteiger partial charge in [0, 0.05) is 55.6 Å². The van der Waals surface area contributed by atoms with E-state index in [9.17, 15) is 0 Å². The molecule has 0 saturated carbocycles. The van der Waals surface area contributed by atoms with Crippen molar-refractivity contribution in [3.63, 3.8) is 0 Å². The van der Waals surface area contributed by atoms with Gasteiger partial charge in [-0.3, -0.25) is 0 Å². The van der Waals surface area contributed by atoms with Crippen molar-refractivity contribution in [2.24, 2.45) is 0 Å². The molecular formula is C55H41N5OS2. The van der Waals surface area contributed by atoms with Gasteiger partial charge in [-0.2, -0.15) is 0 Å². The summed E-state index contributed by atoms with van der Waals surface area (Å²) in [5, 5.41) is 0. The lowest BCUT2D eigenvalue weighted by molar-refractivity contribution is 0.311. The van der Waals surface area contributed by atoms with Gasteiger partial charge in [-0.25, -0.2) is 15.0 Å². The molecule has 0 atom stereocenters. The highest BCUT2D eigenvalue weighted by atomic mass is 32.2. The van der Waals surface area contributed by atoms with E-state index < -0.39 is 0 Å². The van der Waals surface area contributed by atoms with Crippen molar-refractivity contribution >= 4 is 79.7 Å². The van der Waals surface area contributed by atoms with E-state index in [-0.39, 0.29) is 0 Å². The number of benzene rings is 5. The molecule has 0 unspecified atom stereocenters. The first kappa shape index (κ1) is 38.6. The fourth-order valence-corrected chi connectivity index (χ4v) is 10.6. The maximum absolute atomic E-state index is 6.68. The quantitative estimate of drug-likeness (QED) is 0.100. The van der Waals surface area contributed by atoms with E-state index in [0.29, 0.717) is 6.61 Å². The Hall–Kier alpha value is -7.26. The van der Waals surface area contributed by atoms with Gasteiger partial charge in [0.15, 0.2) is 4.34 Å². The third-order valence-corrected chi connectivity index (χ3v) is 13.7. The number of fused-ring (bicyclic) bond motifs is 9. The monoisotopic (exact) mass is 851 g/mol. The molecule has 0 spiro atoms.